The van der Waals surface area contributed by atoms with Crippen molar-refractivity contribution in [2.45, 2.75) is 30.2 Å². The Labute approximate surface area is 236 Å². The lowest BCUT2D eigenvalue weighted by atomic mass is 9.84. The molecule has 0 saturated heterocycles. The van der Waals surface area contributed by atoms with E-state index in [4.69, 9.17) is 0 Å². The zero-order valence-electron chi connectivity index (χ0n) is 21.5. The van der Waals surface area contributed by atoms with E-state index in [1.807, 2.05) is 36.4 Å². The number of nitrogens with zero attached hydrogens (tertiary/aromatic N) is 5. The number of amidine groups is 1. The number of carbonyl (C=O) groups excluding carboxylic acids is 1. The number of rotatable bonds is 2. The van der Waals surface area contributed by atoms with Crippen LogP contribution in [0.3, 0.4) is 0 Å². The molecule has 2 aliphatic carbocycles. The van der Waals surface area contributed by atoms with Crippen molar-refractivity contribution in [3.63, 3.8) is 0 Å². The molecule has 4 aliphatic rings. The summed E-state index contributed by atoms with van der Waals surface area (Å²) < 4.78 is 73.0. The lowest BCUT2D eigenvalue weighted by molar-refractivity contribution is -0.141. The Morgan fingerprint density at radius 2 is 1.64 bits per heavy atom. The van der Waals surface area contributed by atoms with Gasteiger partial charge >= 0.3 is 12.1 Å². The van der Waals surface area contributed by atoms with Gasteiger partial charge in [0.2, 0.25) is 0 Å². The van der Waals surface area contributed by atoms with Gasteiger partial charge in [-0.1, -0.05) is 54.6 Å². The van der Waals surface area contributed by atoms with E-state index in [-0.39, 0.29) is 18.0 Å². The molecule has 13 heteroatoms. The summed E-state index contributed by atoms with van der Waals surface area (Å²) in [5.74, 6) is -0.847. The molecule has 0 spiro atoms. The number of halogens is 3. The number of benzene rings is 2. The van der Waals surface area contributed by atoms with Crippen LogP contribution in [0.5, 0.6) is 0 Å². The molecule has 2 unspecified atom stereocenters. The van der Waals surface area contributed by atoms with Crippen LogP contribution in [0.1, 0.15) is 28.3 Å². The molecule has 1 N–H and O–H groups in total. The van der Waals surface area contributed by atoms with Crippen LogP contribution in [0.2, 0.25) is 0 Å². The van der Waals surface area contributed by atoms with Gasteiger partial charge in [0.25, 0.3) is 10.1 Å². The number of allylic oxidation sites excluding steroid dienone is 2. The first-order valence-electron chi connectivity index (χ1n) is 12.7. The third kappa shape index (κ3) is 5.12. The molecule has 212 valence electrons. The Bertz CT molecular complexity index is 2020. The topological polar surface area (TPSA) is 134 Å². The molecule has 0 saturated carbocycles. The van der Waals surface area contributed by atoms with Crippen LogP contribution < -0.4 is 10.4 Å². The van der Waals surface area contributed by atoms with E-state index in [0.29, 0.717) is 11.4 Å². The first kappa shape index (κ1) is 27.5. The maximum Gasteiger partial charge on any atom is 0.433 e. The van der Waals surface area contributed by atoms with Gasteiger partial charge in [0.1, 0.15) is 23.6 Å². The summed E-state index contributed by atoms with van der Waals surface area (Å²) in [6.07, 6.45) is 7.63. The van der Waals surface area contributed by atoms with Crippen LogP contribution >= 0.6 is 0 Å². The molecule has 3 heterocycles. The second kappa shape index (κ2) is 10.3. The summed E-state index contributed by atoms with van der Waals surface area (Å²) in [5, 5.41) is 2.69. The van der Waals surface area contributed by atoms with Gasteiger partial charge in [0.15, 0.2) is 11.5 Å². The predicted molar refractivity (Wildman–Crippen MR) is 153 cm³/mol. The summed E-state index contributed by atoms with van der Waals surface area (Å²) in [7, 11) is -4.47. The van der Waals surface area contributed by atoms with Crippen molar-refractivity contribution in [1.29, 1.82) is 0 Å². The zero-order valence-corrected chi connectivity index (χ0v) is 22.3. The van der Waals surface area contributed by atoms with Crippen LogP contribution in [-0.2, 0) is 33.9 Å². The normalized spacial score (nSPS) is 20.3. The van der Waals surface area contributed by atoms with Crippen molar-refractivity contribution in [3.05, 3.63) is 87.6 Å². The summed E-state index contributed by atoms with van der Waals surface area (Å²) in [6.45, 7) is 0. The monoisotopic (exact) mass is 591 g/mol. The SMILES string of the molecule is O=C1N=CN=C2N=CN=C12.O=S(=O)(O)C1Cc2ccc3c4c(ccc3c2=CC1c1ccc(C(F)(F)F)nc1)CC=CC=4. The Hall–Kier alpha value is -4.62. The largest absolute Gasteiger partial charge is 0.433 e. The molecular formula is C29H20F3N5O4S. The van der Waals surface area contributed by atoms with Crippen molar-refractivity contribution in [2.75, 3.05) is 0 Å². The number of amides is 1. The van der Waals surface area contributed by atoms with Crippen LogP contribution in [0.25, 0.3) is 22.9 Å². The van der Waals surface area contributed by atoms with Crippen LogP contribution in [0, 0.1) is 0 Å². The lowest BCUT2D eigenvalue weighted by Crippen LogP contribution is -2.36. The highest BCUT2D eigenvalue weighted by molar-refractivity contribution is 7.86. The van der Waals surface area contributed by atoms with Gasteiger partial charge < -0.3 is 0 Å². The van der Waals surface area contributed by atoms with Crippen molar-refractivity contribution in [1.82, 2.24) is 4.98 Å². The fourth-order valence-corrected chi connectivity index (χ4v) is 6.35. The fraction of sp³-hybridized carbons (Fsp3) is 0.172. The minimum atomic E-state index is -4.59. The highest BCUT2D eigenvalue weighted by Crippen LogP contribution is 2.33. The number of fused-ring (bicyclic) bond motifs is 6. The molecule has 2 aliphatic heterocycles. The van der Waals surface area contributed by atoms with Crippen molar-refractivity contribution in [3.8, 4) is 0 Å². The fourth-order valence-electron chi connectivity index (χ4n) is 5.36. The smallest absolute Gasteiger partial charge is 0.285 e. The number of alkyl halides is 3. The second-order valence-electron chi connectivity index (χ2n) is 9.82. The number of hydrogen-bond donors (Lipinski definition) is 1. The van der Waals surface area contributed by atoms with E-state index in [9.17, 15) is 30.9 Å². The van der Waals surface area contributed by atoms with Gasteiger partial charge in [-0.25, -0.2) is 15.0 Å². The van der Waals surface area contributed by atoms with Crippen molar-refractivity contribution >= 4 is 63.2 Å². The van der Waals surface area contributed by atoms with Crippen LogP contribution in [-0.4, -0.2) is 53.3 Å². The van der Waals surface area contributed by atoms with Crippen molar-refractivity contribution < 1.29 is 30.9 Å². The summed E-state index contributed by atoms with van der Waals surface area (Å²) in [5.41, 5.74) is 1.44. The van der Waals surface area contributed by atoms with Gasteiger partial charge in [-0.05, 0) is 56.8 Å². The quantitative estimate of drug-likeness (QED) is 0.458. The Kier molecular flexibility index (Phi) is 6.78. The van der Waals surface area contributed by atoms with E-state index in [2.05, 4.69) is 31.0 Å². The van der Waals surface area contributed by atoms with Gasteiger partial charge in [0, 0.05) is 12.1 Å². The van der Waals surface area contributed by atoms with Gasteiger partial charge in [-0.2, -0.15) is 26.6 Å². The molecule has 0 fully saturated rings. The molecule has 2 aromatic carbocycles. The molecule has 1 aromatic heterocycles. The molecule has 7 rings (SSSR count). The first-order valence-corrected chi connectivity index (χ1v) is 14.2. The van der Waals surface area contributed by atoms with Gasteiger partial charge in [-0.3, -0.25) is 14.3 Å². The third-order valence-electron chi connectivity index (χ3n) is 7.35. The van der Waals surface area contributed by atoms with Gasteiger partial charge in [0.05, 0.1) is 0 Å². The highest BCUT2D eigenvalue weighted by Gasteiger charge is 2.37. The number of carbonyl (C=O) groups is 1. The third-order valence-corrected chi connectivity index (χ3v) is 8.57. The molecule has 0 radical (unpaired) electrons. The van der Waals surface area contributed by atoms with E-state index in [1.54, 1.807) is 6.08 Å². The van der Waals surface area contributed by atoms with Crippen LogP contribution in [0.15, 0.2) is 74.7 Å². The van der Waals surface area contributed by atoms with Gasteiger partial charge in [-0.15, -0.1) is 0 Å². The van der Waals surface area contributed by atoms with E-state index in [0.717, 1.165) is 45.5 Å². The second-order valence-corrected chi connectivity index (χ2v) is 11.5. The maximum absolute atomic E-state index is 12.9. The summed E-state index contributed by atoms with van der Waals surface area (Å²) in [4.78, 5) is 28.8. The average Bonchev–Trinajstić information content (AvgIpc) is 3.46. The van der Waals surface area contributed by atoms with Crippen LogP contribution in [0.4, 0.5) is 13.2 Å². The Balaban J connectivity index is 0.000000265. The van der Waals surface area contributed by atoms with Crippen molar-refractivity contribution in [2.24, 2.45) is 20.0 Å². The molecular weight excluding hydrogens is 571 g/mol. The van der Waals surface area contributed by atoms with E-state index >= 15 is 0 Å². The molecule has 0 bridgehead atoms. The predicted octanol–water partition coefficient (Wildman–Crippen LogP) is 2.96. The molecule has 42 heavy (non-hydrogen) atoms. The number of aliphatic imine (C=N–C) groups is 4. The molecule has 9 nitrogen and oxygen atoms in total. The Morgan fingerprint density at radius 1 is 0.905 bits per heavy atom. The lowest BCUT2D eigenvalue weighted by Gasteiger charge is -2.27. The average molecular weight is 592 g/mol. The van der Waals surface area contributed by atoms with E-state index in [1.165, 1.54) is 24.3 Å². The first-order chi connectivity index (χ1) is 20.0. The Morgan fingerprint density at radius 3 is 2.33 bits per heavy atom. The summed E-state index contributed by atoms with van der Waals surface area (Å²) >= 11 is 0. The molecule has 1 amide bonds. The minimum absolute atomic E-state index is 0.0486. The standard InChI is InChI=1S/C24H18F3NO3S.C5H2N4O/c25-24(26,27)23-10-7-16(13-28-23)21-12-20-15(11-22(21)32(29,30)31)6-9-18-17-4-2-1-3-14(17)5-8-19(18)20;10-5-3-4(7-1-6-3)8-2-9-5/h1-2,4-10,12-13,21-22H,3,11H2,(H,29,30,31);1-2H. The zero-order chi connectivity index (χ0) is 29.6. The number of aromatic nitrogens is 1. The number of hydrogen-bond acceptors (Lipinski definition) is 7. The van der Waals surface area contributed by atoms with E-state index < -0.39 is 33.2 Å². The maximum atomic E-state index is 12.9. The minimum Gasteiger partial charge on any atom is -0.285 e. The molecule has 3 aromatic rings. The summed E-state index contributed by atoms with van der Waals surface area (Å²) in [6, 6.07) is 9.91. The highest BCUT2D eigenvalue weighted by atomic mass is 32.2. The molecule has 2 atom stereocenters. The number of pyridine rings is 1.